The molecule has 1 saturated heterocycles. The van der Waals surface area contributed by atoms with E-state index in [1.807, 2.05) is 0 Å². The number of piperidine rings is 1. The molecule has 8 nitrogen and oxygen atoms in total. The fourth-order valence-corrected chi connectivity index (χ4v) is 5.00. The lowest BCUT2D eigenvalue weighted by Crippen LogP contribution is -2.35. The molecule has 2 aromatic carbocycles. The number of hydrogen-bond donors (Lipinski definition) is 1. The third-order valence-corrected chi connectivity index (χ3v) is 7.14. The summed E-state index contributed by atoms with van der Waals surface area (Å²) in [5, 5.41) is 6.58. The SMILES string of the molecule is O=C(CCc1nc(-c2ccc(F)cc2)no1)Nc1ccc(S(=O)(=O)N2CCCCC2)cc1. The van der Waals surface area contributed by atoms with Crippen LogP contribution in [0, 0.1) is 5.82 Å². The number of nitrogens with zero attached hydrogens (tertiary/aromatic N) is 3. The molecule has 168 valence electrons. The molecule has 0 saturated carbocycles. The molecule has 1 amide bonds. The molecule has 0 aliphatic carbocycles. The van der Waals surface area contributed by atoms with E-state index in [2.05, 4.69) is 15.5 Å². The Labute approximate surface area is 185 Å². The van der Waals surface area contributed by atoms with Crippen LogP contribution < -0.4 is 5.32 Å². The van der Waals surface area contributed by atoms with Crippen molar-refractivity contribution in [2.45, 2.75) is 37.0 Å². The van der Waals surface area contributed by atoms with Gasteiger partial charge in [-0.3, -0.25) is 4.79 Å². The van der Waals surface area contributed by atoms with Gasteiger partial charge >= 0.3 is 0 Å². The van der Waals surface area contributed by atoms with Crippen molar-refractivity contribution >= 4 is 21.6 Å². The molecular weight excluding hydrogens is 435 g/mol. The Hall–Kier alpha value is -3.11. The number of aryl methyl sites for hydroxylation is 1. The lowest BCUT2D eigenvalue weighted by molar-refractivity contribution is -0.116. The highest BCUT2D eigenvalue weighted by atomic mass is 32.2. The Bertz CT molecular complexity index is 1170. The van der Waals surface area contributed by atoms with Gasteiger partial charge in [-0.1, -0.05) is 11.6 Å². The molecule has 2 heterocycles. The van der Waals surface area contributed by atoms with Gasteiger partial charge in [0.05, 0.1) is 4.90 Å². The average molecular weight is 459 g/mol. The van der Waals surface area contributed by atoms with E-state index in [9.17, 15) is 17.6 Å². The van der Waals surface area contributed by atoms with Crippen LogP contribution in [0.15, 0.2) is 57.9 Å². The Morgan fingerprint density at radius 3 is 2.41 bits per heavy atom. The van der Waals surface area contributed by atoms with Gasteiger partial charge in [-0.05, 0) is 61.4 Å². The van der Waals surface area contributed by atoms with Crippen LogP contribution in [0.3, 0.4) is 0 Å². The molecule has 32 heavy (non-hydrogen) atoms. The number of carbonyl (C=O) groups excluding carboxylic acids is 1. The molecule has 1 aliphatic rings. The molecular formula is C22H23FN4O4S. The van der Waals surface area contributed by atoms with Crippen molar-refractivity contribution in [1.82, 2.24) is 14.4 Å². The van der Waals surface area contributed by atoms with Crippen LogP contribution in [0.5, 0.6) is 0 Å². The van der Waals surface area contributed by atoms with Gasteiger partial charge in [0, 0.05) is 37.2 Å². The molecule has 1 fully saturated rings. The van der Waals surface area contributed by atoms with E-state index >= 15 is 0 Å². The summed E-state index contributed by atoms with van der Waals surface area (Å²) in [6.07, 6.45) is 3.14. The summed E-state index contributed by atoms with van der Waals surface area (Å²) >= 11 is 0. The van der Waals surface area contributed by atoms with Crippen molar-refractivity contribution in [2.24, 2.45) is 0 Å². The Kier molecular flexibility index (Phi) is 6.61. The largest absolute Gasteiger partial charge is 0.339 e. The first-order chi connectivity index (χ1) is 15.4. The lowest BCUT2D eigenvalue weighted by Gasteiger charge is -2.25. The van der Waals surface area contributed by atoms with Crippen LogP contribution in [0.4, 0.5) is 10.1 Å². The number of nitrogens with one attached hydrogen (secondary N) is 1. The highest BCUT2D eigenvalue weighted by molar-refractivity contribution is 7.89. The third-order valence-electron chi connectivity index (χ3n) is 5.23. The zero-order valence-corrected chi connectivity index (χ0v) is 18.1. The van der Waals surface area contributed by atoms with Gasteiger partial charge in [-0.2, -0.15) is 9.29 Å². The van der Waals surface area contributed by atoms with Crippen molar-refractivity contribution in [3.63, 3.8) is 0 Å². The van der Waals surface area contributed by atoms with Gasteiger partial charge < -0.3 is 9.84 Å². The number of anilines is 1. The summed E-state index contributed by atoms with van der Waals surface area (Å²) in [4.78, 5) is 16.7. The zero-order valence-electron chi connectivity index (χ0n) is 17.3. The number of amides is 1. The van der Waals surface area contributed by atoms with Gasteiger partial charge in [0.1, 0.15) is 5.82 Å². The minimum Gasteiger partial charge on any atom is -0.339 e. The van der Waals surface area contributed by atoms with Crippen LogP contribution >= 0.6 is 0 Å². The quantitative estimate of drug-likeness (QED) is 0.580. The molecule has 0 unspecified atom stereocenters. The predicted octanol–water partition coefficient (Wildman–Crippen LogP) is 3.62. The number of aromatic nitrogens is 2. The maximum Gasteiger partial charge on any atom is 0.243 e. The van der Waals surface area contributed by atoms with E-state index in [1.54, 1.807) is 24.3 Å². The Morgan fingerprint density at radius 2 is 1.72 bits per heavy atom. The monoisotopic (exact) mass is 458 g/mol. The summed E-state index contributed by atoms with van der Waals surface area (Å²) in [6, 6.07) is 11.9. The Morgan fingerprint density at radius 1 is 1.03 bits per heavy atom. The standard InChI is InChI=1S/C22H23FN4O4S/c23-17-6-4-16(5-7-17)22-25-21(31-26-22)13-12-20(28)24-18-8-10-19(11-9-18)32(29,30)27-14-2-1-3-15-27/h4-11H,1-3,12-15H2,(H,24,28). The maximum atomic E-state index is 13.0. The van der Waals surface area contributed by atoms with E-state index in [-0.39, 0.29) is 29.5 Å². The van der Waals surface area contributed by atoms with E-state index in [4.69, 9.17) is 4.52 Å². The maximum absolute atomic E-state index is 13.0. The molecule has 10 heteroatoms. The zero-order chi connectivity index (χ0) is 22.6. The Balaban J connectivity index is 1.31. The van der Waals surface area contributed by atoms with Crippen LogP contribution in [0.2, 0.25) is 0 Å². The van der Waals surface area contributed by atoms with E-state index < -0.39 is 10.0 Å². The van der Waals surface area contributed by atoms with Gasteiger partial charge in [-0.25, -0.2) is 12.8 Å². The van der Waals surface area contributed by atoms with Crippen LogP contribution in [-0.4, -0.2) is 41.9 Å². The van der Waals surface area contributed by atoms with Crippen LogP contribution in [0.25, 0.3) is 11.4 Å². The minimum atomic E-state index is -3.50. The summed E-state index contributed by atoms with van der Waals surface area (Å²) in [5.74, 6) is -0.00204. The first-order valence-corrected chi connectivity index (χ1v) is 11.8. The van der Waals surface area contributed by atoms with Crippen molar-refractivity contribution in [3.05, 3.63) is 60.2 Å². The fraction of sp³-hybridized carbons (Fsp3) is 0.318. The number of hydrogen-bond acceptors (Lipinski definition) is 6. The molecule has 0 radical (unpaired) electrons. The molecule has 1 N–H and O–H groups in total. The summed E-state index contributed by atoms with van der Waals surface area (Å²) < 4.78 is 45.1. The predicted molar refractivity (Wildman–Crippen MR) is 116 cm³/mol. The average Bonchev–Trinajstić information content (AvgIpc) is 3.28. The van der Waals surface area contributed by atoms with Gasteiger partial charge in [0.2, 0.25) is 27.6 Å². The number of sulfonamides is 1. The van der Waals surface area contributed by atoms with Crippen molar-refractivity contribution in [3.8, 4) is 11.4 Å². The smallest absolute Gasteiger partial charge is 0.243 e. The van der Waals surface area contributed by atoms with Crippen molar-refractivity contribution in [2.75, 3.05) is 18.4 Å². The number of benzene rings is 2. The second-order valence-corrected chi connectivity index (χ2v) is 9.49. The van der Waals surface area contributed by atoms with Crippen LogP contribution in [-0.2, 0) is 21.2 Å². The van der Waals surface area contributed by atoms with Gasteiger partial charge in [0.15, 0.2) is 0 Å². The molecule has 0 spiro atoms. The molecule has 1 aliphatic heterocycles. The first-order valence-electron chi connectivity index (χ1n) is 10.4. The molecule has 0 bridgehead atoms. The lowest BCUT2D eigenvalue weighted by atomic mass is 10.2. The summed E-state index contributed by atoms with van der Waals surface area (Å²) in [6.45, 7) is 1.08. The first kappa shape index (κ1) is 22.1. The van der Waals surface area contributed by atoms with Crippen molar-refractivity contribution < 1.29 is 22.1 Å². The molecule has 4 rings (SSSR count). The highest BCUT2D eigenvalue weighted by Crippen LogP contribution is 2.22. The molecule has 0 atom stereocenters. The highest BCUT2D eigenvalue weighted by Gasteiger charge is 2.25. The number of carbonyl (C=O) groups is 1. The molecule has 3 aromatic rings. The normalized spacial score (nSPS) is 14.9. The second-order valence-electron chi connectivity index (χ2n) is 7.56. The van der Waals surface area contributed by atoms with Crippen LogP contribution in [0.1, 0.15) is 31.6 Å². The van der Waals surface area contributed by atoms with E-state index in [1.165, 1.54) is 28.6 Å². The van der Waals surface area contributed by atoms with Gasteiger partial charge in [0.25, 0.3) is 0 Å². The number of rotatable bonds is 7. The summed E-state index contributed by atoms with van der Waals surface area (Å²) in [5.41, 5.74) is 1.12. The van der Waals surface area contributed by atoms with E-state index in [0.29, 0.717) is 36.1 Å². The molecule has 1 aromatic heterocycles. The van der Waals surface area contributed by atoms with Gasteiger partial charge in [-0.15, -0.1) is 0 Å². The van der Waals surface area contributed by atoms with Crippen molar-refractivity contribution in [1.29, 1.82) is 0 Å². The topological polar surface area (TPSA) is 105 Å². The number of halogens is 1. The third kappa shape index (κ3) is 5.20. The van der Waals surface area contributed by atoms with E-state index in [0.717, 1.165) is 19.3 Å². The summed E-state index contributed by atoms with van der Waals surface area (Å²) in [7, 11) is -3.50. The fourth-order valence-electron chi connectivity index (χ4n) is 3.48. The second kappa shape index (κ2) is 9.58. The minimum absolute atomic E-state index is 0.110.